The maximum absolute atomic E-state index is 12.3. The summed E-state index contributed by atoms with van der Waals surface area (Å²) in [6.07, 6.45) is 2.15. The quantitative estimate of drug-likeness (QED) is 0.914. The first-order chi connectivity index (χ1) is 10.8. The molecule has 1 aliphatic heterocycles. The van der Waals surface area contributed by atoms with Gasteiger partial charge in [-0.2, -0.15) is 0 Å². The molecule has 1 N–H and O–H groups in total. The summed E-state index contributed by atoms with van der Waals surface area (Å²) in [7, 11) is 1.92. The van der Waals surface area contributed by atoms with Crippen LogP contribution in [-0.2, 0) is 4.79 Å². The maximum atomic E-state index is 12.3. The first-order valence-corrected chi connectivity index (χ1v) is 7.83. The summed E-state index contributed by atoms with van der Waals surface area (Å²) >= 11 is 0. The molecule has 0 bridgehead atoms. The van der Waals surface area contributed by atoms with Gasteiger partial charge >= 0.3 is 0 Å². The summed E-state index contributed by atoms with van der Waals surface area (Å²) in [6.45, 7) is 1.80. The molecule has 2 aromatic rings. The Balaban J connectivity index is 0.00000192. The Kier molecular flexibility index (Phi) is 6.25. The Bertz CT molecular complexity index is 662. The van der Waals surface area contributed by atoms with Crippen molar-refractivity contribution in [3.63, 3.8) is 0 Å². The number of ether oxygens (including phenoxy) is 1. The number of likely N-dealkylation sites (tertiary alicyclic amines) is 1. The van der Waals surface area contributed by atoms with Crippen LogP contribution in [0.5, 0.6) is 5.75 Å². The monoisotopic (exact) mass is 334 g/mol. The number of benzene rings is 2. The van der Waals surface area contributed by atoms with Crippen molar-refractivity contribution in [2.45, 2.75) is 18.9 Å². The number of hydrogen-bond acceptors (Lipinski definition) is 3. The first kappa shape index (κ1) is 17.6. The van der Waals surface area contributed by atoms with Gasteiger partial charge < -0.3 is 15.0 Å². The van der Waals surface area contributed by atoms with E-state index in [0.29, 0.717) is 6.04 Å². The Labute approximate surface area is 143 Å². The molecule has 4 nitrogen and oxygen atoms in total. The van der Waals surface area contributed by atoms with Gasteiger partial charge in [-0.1, -0.05) is 30.3 Å². The van der Waals surface area contributed by atoms with Crippen LogP contribution < -0.4 is 10.1 Å². The van der Waals surface area contributed by atoms with Crippen LogP contribution in [0, 0.1) is 0 Å². The number of nitrogens with one attached hydrogen (secondary N) is 1. The minimum Gasteiger partial charge on any atom is -0.484 e. The summed E-state index contributed by atoms with van der Waals surface area (Å²) in [5, 5.41) is 5.46. The maximum Gasteiger partial charge on any atom is 0.260 e. The van der Waals surface area contributed by atoms with Crippen LogP contribution in [0.1, 0.15) is 12.8 Å². The molecule has 5 heteroatoms. The van der Waals surface area contributed by atoms with E-state index in [9.17, 15) is 4.79 Å². The molecule has 1 aliphatic rings. The van der Waals surface area contributed by atoms with Gasteiger partial charge in [0.25, 0.3) is 5.91 Å². The lowest BCUT2D eigenvalue weighted by Crippen LogP contribution is -2.43. The zero-order valence-electron chi connectivity index (χ0n) is 13.3. The van der Waals surface area contributed by atoms with Gasteiger partial charge in [-0.3, -0.25) is 4.79 Å². The predicted octanol–water partition coefficient (Wildman–Crippen LogP) is 2.85. The molecule has 1 amide bonds. The van der Waals surface area contributed by atoms with Crippen molar-refractivity contribution in [1.29, 1.82) is 0 Å². The molecular formula is C18H23ClN2O2. The molecule has 1 heterocycles. The third-order valence-corrected chi connectivity index (χ3v) is 4.22. The van der Waals surface area contributed by atoms with E-state index in [1.165, 1.54) is 5.39 Å². The van der Waals surface area contributed by atoms with E-state index in [1.807, 2.05) is 48.3 Å². The van der Waals surface area contributed by atoms with Crippen LogP contribution in [0.3, 0.4) is 0 Å². The second-order valence-electron chi connectivity index (χ2n) is 5.74. The van der Waals surface area contributed by atoms with Crippen LogP contribution in [0.4, 0.5) is 0 Å². The molecule has 1 unspecified atom stereocenters. The highest BCUT2D eigenvalue weighted by Gasteiger charge is 2.28. The third kappa shape index (κ3) is 4.15. The Morgan fingerprint density at radius 1 is 1.26 bits per heavy atom. The molecule has 23 heavy (non-hydrogen) atoms. The minimum absolute atomic E-state index is 0. The number of halogens is 1. The van der Waals surface area contributed by atoms with Gasteiger partial charge in [0.05, 0.1) is 0 Å². The molecule has 0 saturated carbocycles. The number of amides is 1. The molecule has 3 rings (SSSR count). The highest BCUT2D eigenvalue weighted by atomic mass is 35.5. The summed E-state index contributed by atoms with van der Waals surface area (Å²) in [5.41, 5.74) is 0. The van der Waals surface area contributed by atoms with E-state index >= 15 is 0 Å². The van der Waals surface area contributed by atoms with Crippen molar-refractivity contribution >= 4 is 29.1 Å². The van der Waals surface area contributed by atoms with Gasteiger partial charge in [0, 0.05) is 19.1 Å². The smallest absolute Gasteiger partial charge is 0.260 e. The minimum atomic E-state index is 0. The van der Waals surface area contributed by atoms with Crippen molar-refractivity contribution < 1.29 is 9.53 Å². The van der Waals surface area contributed by atoms with E-state index in [-0.39, 0.29) is 24.9 Å². The summed E-state index contributed by atoms with van der Waals surface area (Å²) in [5.74, 6) is 0.822. The number of likely N-dealkylation sites (N-methyl/N-ethyl adjacent to an activating group) is 1. The van der Waals surface area contributed by atoms with Crippen molar-refractivity contribution in [1.82, 2.24) is 10.2 Å². The second kappa shape index (κ2) is 8.18. The Morgan fingerprint density at radius 2 is 2.04 bits per heavy atom. The number of carbonyl (C=O) groups is 1. The highest BCUT2D eigenvalue weighted by Crippen LogP contribution is 2.21. The van der Waals surface area contributed by atoms with Crippen LogP contribution in [0.15, 0.2) is 42.5 Å². The summed E-state index contributed by atoms with van der Waals surface area (Å²) in [6, 6.07) is 14.4. The fourth-order valence-corrected chi connectivity index (χ4v) is 3.10. The van der Waals surface area contributed by atoms with Gasteiger partial charge in [0.2, 0.25) is 0 Å². The average molecular weight is 335 g/mol. The second-order valence-corrected chi connectivity index (χ2v) is 5.74. The largest absolute Gasteiger partial charge is 0.484 e. The lowest BCUT2D eigenvalue weighted by atomic mass is 10.1. The van der Waals surface area contributed by atoms with E-state index in [0.717, 1.165) is 37.1 Å². The van der Waals surface area contributed by atoms with Crippen molar-refractivity contribution in [3.05, 3.63) is 42.5 Å². The van der Waals surface area contributed by atoms with Gasteiger partial charge in [-0.15, -0.1) is 12.4 Å². The summed E-state index contributed by atoms with van der Waals surface area (Å²) in [4.78, 5) is 14.3. The lowest BCUT2D eigenvalue weighted by molar-refractivity contribution is -0.134. The normalized spacial score (nSPS) is 17.1. The Morgan fingerprint density at radius 3 is 2.83 bits per heavy atom. The fourth-order valence-electron chi connectivity index (χ4n) is 3.10. The average Bonchev–Trinajstić information content (AvgIpc) is 3.01. The summed E-state index contributed by atoms with van der Waals surface area (Å²) < 4.78 is 5.70. The number of hydrogen-bond donors (Lipinski definition) is 1. The topological polar surface area (TPSA) is 41.6 Å². The Hall–Kier alpha value is -1.78. The third-order valence-electron chi connectivity index (χ3n) is 4.22. The molecule has 0 aromatic heterocycles. The number of fused-ring (bicyclic) bond motifs is 1. The lowest BCUT2D eigenvalue weighted by Gasteiger charge is -2.24. The van der Waals surface area contributed by atoms with E-state index in [1.54, 1.807) is 0 Å². The van der Waals surface area contributed by atoms with Crippen molar-refractivity contribution in [2.24, 2.45) is 0 Å². The van der Waals surface area contributed by atoms with Gasteiger partial charge in [0.15, 0.2) is 6.61 Å². The number of carbonyl (C=O) groups excluding carboxylic acids is 1. The molecule has 1 atom stereocenters. The predicted molar refractivity (Wildman–Crippen MR) is 95.4 cm³/mol. The first-order valence-electron chi connectivity index (χ1n) is 7.83. The molecule has 124 valence electrons. The van der Waals surface area contributed by atoms with E-state index in [2.05, 4.69) is 11.4 Å². The zero-order valence-corrected chi connectivity index (χ0v) is 14.1. The van der Waals surface area contributed by atoms with Crippen molar-refractivity contribution in [3.8, 4) is 5.75 Å². The van der Waals surface area contributed by atoms with Crippen LogP contribution in [0.2, 0.25) is 0 Å². The van der Waals surface area contributed by atoms with Crippen molar-refractivity contribution in [2.75, 3.05) is 26.7 Å². The molecule has 0 spiro atoms. The standard InChI is InChI=1S/C18H22N2O2.ClH/c1-19-12-16-7-4-10-20(16)18(21)13-22-17-9-8-14-5-2-3-6-15(14)11-17;/h2-3,5-6,8-9,11,16,19H,4,7,10,12-13H2,1H3;1H. The molecule has 1 fully saturated rings. The van der Waals surface area contributed by atoms with Crippen LogP contribution in [0.25, 0.3) is 10.8 Å². The van der Waals surface area contributed by atoms with E-state index in [4.69, 9.17) is 4.74 Å². The van der Waals surface area contributed by atoms with Gasteiger partial charge in [-0.05, 0) is 42.8 Å². The molecule has 1 saturated heterocycles. The fraction of sp³-hybridized carbons (Fsp3) is 0.389. The number of nitrogens with zero attached hydrogens (tertiary/aromatic N) is 1. The van der Waals surface area contributed by atoms with Crippen LogP contribution in [-0.4, -0.2) is 43.6 Å². The number of rotatable bonds is 5. The highest BCUT2D eigenvalue weighted by molar-refractivity contribution is 5.85. The van der Waals surface area contributed by atoms with E-state index < -0.39 is 0 Å². The SMILES string of the molecule is CNCC1CCCN1C(=O)COc1ccc2ccccc2c1.Cl. The van der Waals surface area contributed by atoms with Gasteiger partial charge in [-0.25, -0.2) is 0 Å². The molecule has 0 radical (unpaired) electrons. The molecule has 0 aliphatic carbocycles. The zero-order chi connectivity index (χ0) is 15.4. The van der Waals surface area contributed by atoms with Crippen LogP contribution >= 0.6 is 12.4 Å². The molecular weight excluding hydrogens is 312 g/mol. The molecule has 2 aromatic carbocycles. The van der Waals surface area contributed by atoms with Gasteiger partial charge in [0.1, 0.15) is 5.75 Å².